The quantitative estimate of drug-likeness (QED) is 0.543. The summed E-state index contributed by atoms with van der Waals surface area (Å²) in [5.74, 6) is 0.105. The minimum atomic E-state index is 0.105. The van der Waals surface area contributed by atoms with E-state index >= 15 is 0 Å². The Morgan fingerprint density at radius 3 is 2.89 bits per heavy atom. The number of ketones is 1. The molecule has 1 N–H and O–H groups in total. The fourth-order valence-electron chi connectivity index (χ4n) is 0.409. The third-order valence-corrected chi connectivity index (χ3v) is 0.788. The van der Waals surface area contributed by atoms with Crippen molar-refractivity contribution in [3.63, 3.8) is 0 Å². The summed E-state index contributed by atoms with van der Waals surface area (Å²) < 4.78 is 0. The van der Waals surface area contributed by atoms with E-state index in [0.29, 0.717) is 19.5 Å². The maximum atomic E-state index is 10.3. The summed E-state index contributed by atoms with van der Waals surface area (Å²) in [6, 6.07) is 1.97. The molecular formula is C6H10N2O. The minimum absolute atomic E-state index is 0.105. The van der Waals surface area contributed by atoms with Crippen LogP contribution in [0.25, 0.3) is 0 Å². The monoisotopic (exact) mass is 126 g/mol. The Morgan fingerprint density at radius 1 is 1.78 bits per heavy atom. The fraction of sp³-hybridized carbons (Fsp3) is 0.667. The van der Waals surface area contributed by atoms with Gasteiger partial charge in [-0.1, -0.05) is 0 Å². The first-order valence-corrected chi connectivity index (χ1v) is 2.84. The van der Waals surface area contributed by atoms with Crippen molar-refractivity contribution in [3.8, 4) is 6.07 Å². The van der Waals surface area contributed by atoms with E-state index in [9.17, 15) is 4.79 Å². The van der Waals surface area contributed by atoms with Gasteiger partial charge in [-0.2, -0.15) is 5.26 Å². The first kappa shape index (κ1) is 8.12. The number of Topliss-reactive ketones (excluding diaryl/α,β-unsaturated/α-hetero) is 1. The van der Waals surface area contributed by atoms with Crippen LogP contribution in [0.3, 0.4) is 0 Å². The summed E-state index contributed by atoms with van der Waals surface area (Å²) in [6.07, 6.45) is 0.466. The molecule has 0 aromatic rings. The van der Waals surface area contributed by atoms with Gasteiger partial charge >= 0.3 is 0 Å². The molecular weight excluding hydrogens is 116 g/mol. The lowest BCUT2D eigenvalue weighted by Gasteiger charge is -1.94. The molecule has 0 spiro atoms. The highest BCUT2D eigenvalue weighted by molar-refractivity contribution is 5.77. The Morgan fingerprint density at radius 2 is 2.44 bits per heavy atom. The van der Waals surface area contributed by atoms with Crippen molar-refractivity contribution in [1.29, 1.82) is 5.26 Å². The second kappa shape index (κ2) is 5.26. The standard InChI is InChI=1S/C6H10N2O/c1-6(9)5-8-4-2-3-7/h8H,2,4-5H2,1H3. The average Bonchev–Trinajstić information content (AvgIpc) is 1.80. The Kier molecular flexibility index (Phi) is 4.75. The van der Waals surface area contributed by atoms with Gasteiger partial charge in [0.2, 0.25) is 0 Å². The molecule has 0 unspecified atom stereocenters. The lowest BCUT2D eigenvalue weighted by Crippen LogP contribution is -2.21. The van der Waals surface area contributed by atoms with Gasteiger partial charge < -0.3 is 5.32 Å². The average molecular weight is 126 g/mol. The van der Waals surface area contributed by atoms with E-state index < -0.39 is 0 Å². The maximum Gasteiger partial charge on any atom is 0.143 e. The van der Waals surface area contributed by atoms with Crippen LogP contribution in [0.1, 0.15) is 13.3 Å². The normalized spacial score (nSPS) is 8.44. The van der Waals surface area contributed by atoms with Crippen LogP contribution in [-0.4, -0.2) is 18.9 Å². The van der Waals surface area contributed by atoms with Gasteiger partial charge in [0.05, 0.1) is 12.6 Å². The molecule has 0 atom stereocenters. The summed E-state index contributed by atoms with van der Waals surface area (Å²) >= 11 is 0. The van der Waals surface area contributed by atoms with Gasteiger partial charge in [-0.15, -0.1) is 0 Å². The van der Waals surface area contributed by atoms with Crippen molar-refractivity contribution >= 4 is 5.78 Å². The molecule has 0 aromatic heterocycles. The van der Waals surface area contributed by atoms with Gasteiger partial charge in [-0.25, -0.2) is 0 Å². The topological polar surface area (TPSA) is 52.9 Å². The van der Waals surface area contributed by atoms with Crippen LogP contribution in [0, 0.1) is 11.3 Å². The van der Waals surface area contributed by atoms with Crippen molar-refractivity contribution in [3.05, 3.63) is 0 Å². The smallest absolute Gasteiger partial charge is 0.143 e. The number of nitrogens with one attached hydrogen (secondary N) is 1. The molecule has 0 fully saturated rings. The highest BCUT2D eigenvalue weighted by atomic mass is 16.1. The minimum Gasteiger partial charge on any atom is -0.309 e. The predicted molar refractivity (Wildman–Crippen MR) is 33.8 cm³/mol. The molecule has 0 radical (unpaired) electrons. The van der Waals surface area contributed by atoms with Crippen LogP contribution < -0.4 is 5.32 Å². The van der Waals surface area contributed by atoms with Gasteiger partial charge in [0, 0.05) is 13.0 Å². The number of carbonyl (C=O) groups is 1. The zero-order valence-corrected chi connectivity index (χ0v) is 5.48. The van der Waals surface area contributed by atoms with E-state index in [4.69, 9.17) is 5.26 Å². The highest BCUT2D eigenvalue weighted by Gasteiger charge is 1.88. The van der Waals surface area contributed by atoms with Gasteiger partial charge in [0.25, 0.3) is 0 Å². The van der Waals surface area contributed by atoms with Crippen LogP contribution in [0.5, 0.6) is 0 Å². The highest BCUT2D eigenvalue weighted by Crippen LogP contribution is 1.69. The molecule has 0 heterocycles. The summed E-state index contributed by atoms with van der Waals surface area (Å²) in [5, 5.41) is 10.9. The van der Waals surface area contributed by atoms with Crippen molar-refractivity contribution < 1.29 is 4.79 Å². The maximum absolute atomic E-state index is 10.3. The zero-order valence-electron chi connectivity index (χ0n) is 5.48. The molecule has 0 aliphatic rings. The second-order valence-corrected chi connectivity index (χ2v) is 1.79. The van der Waals surface area contributed by atoms with Crippen molar-refractivity contribution in [1.82, 2.24) is 5.32 Å². The molecule has 0 amide bonds. The SMILES string of the molecule is CC(=O)CNCCC#N. The summed E-state index contributed by atoms with van der Waals surface area (Å²) in [7, 11) is 0. The van der Waals surface area contributed by atoms with E-state index in [0.717, 1.165) is 0 Å². The van der Waals surface area contributed by atoms with Crippen molar-refractivity contribution in [2.45, 2.75) is 13.3 Å². The summed E-state index contributed by atoms with van der Waals surface area (Å²) in [4.78, 5) is 10.3. The Balaban J connectivity index is 2.94. The number of rotatable bonds is 4. The number of hydrogen-bond acceptors (Lipinski definition) is 3. The van der Waals surface area contributed by atoms with Crippen LogP contribution >= 0.6 is 0 Å². The zero-order chi connectivity index (χ0) is 7.11. The van der Waals surface area contributed by atoms with Gasteiger partial charge in [-0.3, -0.25) is 4.79 Å². The number of carbonyl (C=O) groups excluding carboxylic acids is 1. The Hall–Kier alpha value is -0.880. The molecule has 9 heavy (non-hydrogen) atoms. The number of hydrogen-bond donors (Lipinski definition) is 1. The molecule has 3 nitrogen and oxygen atoms in total. The third kappa shape index (κ3) is 7.12. The van der Waals surface area contributed by atoms with E-state index in [1.165, 1.54) is 6.92 Å². The van der Waals surface area contributed by atoms with E-state index in [1.54, 1.807) is 0 Å². The molecule has 0 rings (SSSR count). The second-order valence-electron chi connectivity index (χ2n) is 1.79. The molecule has 0 saturated carbocycles. The fourth-order valence-corrected chi connectivity index (χ4v) is 0.409. The lowest BCUT2D eigenvalue weighted by molar-refractivity contribution is -0.116. The number of nitriles is 1. The largest absolute Gasteiger partial charge is 0.309 e. The molecule has 0 aliphatic heterocycles. The molecule has 3 heteroatoms. The predicted octanol–water partition coefficient (Wildman–Crippen LogP) is 0.0787. The molecule has 0 aromatic carbocycles. The van der Waals surface area contributed by atoms with Crippen LogP contribution in [0.2, 0.25) is 0 Å². The van der Waals surface area contributed by atoms with Crippen molar-refractivity contribution in [2.75, 3.05) is 13.1 Å². The summed E-state index contributed by atoms with van der Waals surface area (Å²) in [5.41, 5.74) is 0. The lowest BCUT2D eigenvalue weighted by atomic mass is 10.4. The molecule has 0 saturated heterocycles. The third-order valence-electron chi connectivity index (χ3n) is 0.788. The Labute approximate surface area is 54.7 Å². The van der Waals surface area contributed by atoms with Crippen LogP contribution in [0.15, 0.2) is 0 Å². The first-order valence-electron chi connectivity index (χ1n) is 2.84. The van der Waals surface area contributed by atoms with Gasteiger partial charge in [-0.05, 0) is 6.92 Å². The van der Waals surface area contributed by atoms with E-state index in [-0.39, 0.29) is 5.78 Å². The van der Waals surface area contributed by atoms with Crippen molar-refractivity contribution in [2.24, 2.45) is 0 Å². The molecule has 0 bridgehead atoms. The van der Waals surface area contributed by atoms with Crippen LogP contribution in [-0.2, 0) is 4.79 Å². The molecule has 0 aliphatic carbocycles. The number of nitrogens with zero attached hydrogens (tertiary/aromatic N) is 1. The van der Waals surface area contributed by atoms with E-state index in [2.05, 4.69) is 5.32 Å². The van der Waals surface area contributed by atoms with Gasteiger partial charge in [0.1, 0.15) is 5.78 Å². The Bertz CT molecular complexity index is 126. The summed E-state index contributed by atoms with van der Waals surface area (Å²) in [6.45, 7) is 2.50. The first-order chi connectivity index (χ1) is 4.27. The molecule has 50 valence electrons. The van der Waals surface area contributed by atoms with Gasteiger partial charge in [0.15, 0.2) is 0 Å². The van der Waals surface area contributed by atoms with Crippen LogP contribution in [0.4, 0.5) is 0 Å². The van der Waals surface area contributed by atoms with E-state index in [1.807, 2.05) is 6.07 Å².